The summed E-state index contributed by atoms with van der Waals surface area (Å²) in [6, 6.07) is 6.50. The van der Waals surface area contributed by atoms with Crippen LogP contribution in [0.5, 0.6) is 0 Å². The second-order valence-corrected chi connectivity index (χ2v) is 6.41. The summed E-state index contributed by atoms with van der Waals surface area (Å²) in [5.41, 5.74) is -0.746. The van der Waals surface area contributed by atoms with Gasteiger partial charge in [-0.05, 0) is 18.1 Å². The Morgan fingerprint density at radius 3 is 2.52 bits per heavy atom. The molecular formula is C17H19N3O5. The summed E-state index contributed by atoms with van der Waals surface area (Å²) in [5.74, 6) is -1.80. The summed E-state index contributed by atoms with van der Waals surface area (Å²) >= 11 is 0. The molecule has 2 heterocycles. The number of benzene rings is 1. The summed E-state index contributed by atoms with van der Waals surface area (Å²) in [6.07, 6.45) is 0.0211. The van der Waals surface area contributed by atoms with Crippen LogP contribution in [0.4, 0.5) is 0 Å². The number of H-pyrrole nitrogens is 1. The first kappa shape index (κ1) is 16.9. The normalized spacial score (nSPS) is 20.1. The number of aliphatic carboxylic acids is 1. The molecule has 8 heteroatoms. The maximum absolute atomic E-state index is 12.4. The molecule has 0 saturated carbocycles. The Labute approximate surface area is 142 Å². The van der Waals surface area contributed by atoms with E-state index in [0.717, 1.165) is 4.68 Å². The maximum atomic E-state index is 12.4. The van der Waals surface area contributed by atoms with Crippen molar-refractivity contribution in [2.24, 2.45) is 11.8 Å². The third-order valence-corrected chi connectivity index (χ3v) is 4.72. The summed E-state index contributed by atoms with van der Waals surface area (Å²) in [5, 5.41) is 12.2. The second-order valence-electron chi connectivity index (χ2n) is 6.41. The highest BCUT2D eigenvalue weighted by molar-refractivity contribution is 5.80. The van der Waals surface area contributed by atoms with Crippen molar-refractivity contribution >= 4 is 22.6 Å². The minimum absolute atomic E-state index is 0.0211. The van der Waals surface area contributed by atoms with E-state index in [4.69, 9.17) is 5.11 Å². The fraction of sp³-hybridized carbons (Fsp3) is 0.412. The van der Waals surface area contributed by atoms with Crippen molar-refractivity contribution in [3.05, 3.63) is 45.0 Å². The second kappa shape index (κ2) is 6.54. The molecule has 0 bridgehead atoms. The third kappa shape index (κ3) is 3.19. The van der Waals surface area contributed by atoms with Crippen LogP contribution in [0.15, 0.2) is 33.9 Å². The maximum Gasteiger partial charge on any atom is 0.308 e. The largest absolute Gasteiger partial charge is 0.481 e. The fourth-order valence-electron chi connectivity index (χ4n) is 3.26. The lowest BCUT2D eigenvalue weighted by Gasteiger charge is -2.16. The number of aromatic nitrogens is 2. The number of nitrogens with one attached hydrogen (secondary N) is 1. The molecule has 3 rings (SSSR count). The molecule has 2 atom stereocenters. The molecule has 1 fully saturated rings. The number of nitrogens with zero attached hydrogens (tertiary/aromatic N) is 2. The lowest BCUT2D eigenvalue weighted by Crippen LogP contribution is -2.34. The Kier molecular flexibility index (Phi) is 4.43. The highest BCUT2D eigenvalue weighted by atomic mass is 16.4. The fourth-order valence-corrected chi connectivity index (χ4v) is 3.26. The number of carboxylic acids is 1. The van der Waals surface area contributed by atoms with Crippen molar-refractivity contribution in [1.82, 2.24) is 14.7 Å². The first-order valence-corrected chi connectivity index (χ1v) is 8.11. The van der Waals surface area contributed by atoms with Crippen LogP contribution >= 0.6 is 0 Å². The van der Waals surface area contributed by atoms with Gasteiger partial charge >= 0.3 is 5.97 Å². The van der Waals surface area contributed by atoms with Gasteiger partial charge in [-0.3, -0.25) is 24.3 Å². The predicted octanol–water partition coefficient (Wildman–Crippen LogP) is 0.259. The Bertz CT molecular complexity index is 945. The lowest BCUT2D eigenvalue weighted by atomic mass is 9.99. The van der Waals surface area contributed by atoms with Crippen LogP contribution in [-0.2, 0) is 16.1 Å². The third-order valence-electron chi connectivity index (χ3n) is 4.72. The Morgan fingerprint density at radius 1 is 1.20 bits per heavy atom. The minimum atomic E-state index is -0.905. The first-order chi connectivity index (χ1) is 11.9. The van der Waals surface area contributed by atoms with E-state index in [-0.39, 0.29) is 42.5 Å². The summed E-state index contributed by atoms with van der Waals surface area (Å²) in [6.45, 7) is 2.41. The van der Waals surface area contributed by atoms with Crippen molar-refractivity contribution in [3.8, 4) is 0 Å². The number of rotatable bonds is 4. The zero-order valence-electron chi connectivity index (χ0n) is 13.8. The molecule has 8 nitrogen and oxygen atoms in total. The molecule has 1 aliphatic rings. The van der Waals surface area contributed by atoms with Crippen molar-refractivity contribution in [1.29, 1.82) is 0 Å². The van der Waals surface area contributed by atoms with E-state index in [1.54, 1.807) is 31.2 Å². The van der Waals surface area contributed by atoms with Crippen LogP contribution in [0.25, 0.3) is 10.8 Å². The standard InChI is InChI=1S/C17H19N3O5/c1-10-8-19(9-13(10)17(24)25)14(21)6-7-20-16(23)12-5-3-2-4-11(12)15(22)18-20/h2-5,10,13H,6-9H2,1H3,(H,18,22)(H,24,25)/t10-,13-/m1/s1. The van der Waals surface area contributed by atoms with E-state index in [0.29, 0.717) is 17.3 Å². The van der Waals surface area contributed by atoms with Gasteiger partial charge in [-0.2, -0.15) is 0 Å². The quantitative estimate of drug-likeness (QED) is 0.825. The molecule has 2 N–H and O–H groups in total. The van der Waals surface area contributed by atoms with Crippen molar-refractivity contribution in [3.63, 3.8) is 0 Å². The number of fused-ring (bicyclic) bond motifs is 1. The minimum Gasteiger partial charge on any atom is -0.481 e. The van der Waals surface area contributed by atoms with E-state index >= 15 is 0 Å². The highest BCUT2D eigenvalue weighted by Crippen LogP contribution is 2.23. The van der Waals surface area contributed by atoms with Gasteiger partial charge in [0.15, 0.2) is 0 Å². The Morgan fingerprint density at radius 2 is 1.88 bits per heavy atom. The van der Waals surface area contributed by atoms with Gasteiger partial charge in [0.1, 0.15) is 0 Å². The van der Waals surface area contributed by atoms with Gasteiger partial charge in [0.2, 0.25) is 5.91 Å². The smallest absolute Gasteiger partial charge is 0.308 e. The number of amides is 1. The molecule has 0 radical (unpaired) electrons. The molecule has 0 spiro atoms. The number of aromatic amines is 1. The molecule has 0 unspecified atom stereocenters. The molecule has 1 aromatic heterocycles. The molecule has 1 aromatic carbocycles. The summed E-state index contributed by atoms with van der Waals surface area (Å²) in [7, 11) is 0. The van der Waals surface area contributed by atoms with E-state index in [2.05, 4.69) is 5.10 Å². The van der Waals surface area contributed by atoms with Crippen LogP contribution < -0.4 is 11.1 Å². The van der Waals surface area contributed by atoms with Gasteiger partial charge in [0.25, 0.3) is 11.1 Å². The van der Waals surface area contributed by atoms with Crippen molar-refractivity contribution < 1.29 is 14.7 Å². The SMILES string of the molecule is C[C@@H]1CN(C(=O)CCn2[nH]c(=O)c3ccccc3c2=O)C[C@H]1C(=O)O. The Balaban J connectivity index is 1.74. The number of hydrogen-bond acceptors (Lipinski definition) is 4. The van der Waals surface area contributed by atoms with Gasteiger partial charge in [-0.1, -0.05) is 19.1 Å². The molecule has 132 valence electrons. The topological polar surface area (TPSA) is 112 Å². The number of aryl methyl sites for hydroxylation is 1. The number of carbonyl (C=O) groups is 2. The number of likely N-dealkylation sites (tertiary alicyclic amines) is 1. The molecule has 2 aromatic rings. The van der Waals surface area contributed by atoms with E-state index in [1.807, 2.05) is 0 Å². The predicted molar refractivity (Wildman–Crippen MR) is 90.3 cm³/mol. The van der Waals surface area contributed by atoms with Crippen LogP contribution in [-0.4, -0.2) is 44.8 Å². The van der Waals surface area contributed by atoms with Crippen LogP contribution in [0.2, 0.25) is 0 Å². The van der Waals surface area contributed by atoms with E-state index in [9.17, 15) is 19.2 Å². The van der Waals surface area contributed by atoms with Gasteiger partial charge in [0.05, 0.1) is 23.2 Å². The van der Waals surface area contributed by atoms with Gasteiger partial charge in [-0.25, -0.2) is 4.68 Å². The van der Waals surface area contributed by atoms with E-state index < -0.39 is 11.9 Å². The average molecular weight is 345 g/mol. The molecule has 0 aliphatic carbocycles. The van der Waals surface area contributed by atoms with Crippen molar-refractivity contribution in [2.45, 2.75) is 19.9 Å². The molecule has 25 heavy (non-hydrogen) atoms. The number of carboxylic acid groups (broad SMARTS) is 1. The van der Waals surface area contributed by atoms with E-state index in [1.165, 1.54) is 4.90 Å². The monoisotopic (exact) mass is 345 g/mol. The zero-order chi connectivity index (χ0) is 18.1. The first-order valence-electron chi connectivity index (χ1n) is 8.11. The molecule has 1 aliphatic heterocycles. The zero-order valence-corrected chi connectivity index (χ0v) is 13.8. The highest BCUT2D eigenvalue weighted by Gasteiger charge is 2.36. The average Bonchev–Trinajstić information content (AvgIpc) is 2.99. The molecule has 1 saturated heterocycles. The Hall–Kier alpha value is -2.90. The van der Waals surface area contributed by atoms with Crippen molar-refractivity contribution in [2.75, 3.05) is 13.1 Å². The van der Waals surface area contributed by atoms with Crippen LogP contribution in [0.1, 0.15) is 13.3 Å². The van der Waals surface area contributed by atoms with Crippen LogP contribution in [0.3, 0.4) is 0 Å². The number of hydrogen-bond donors (Lipinski definition) is 2. The van der Waals surface area contributed by atoms with Gasteiger partial charge in [0, 0.05) is 19.5 Å². The summed E-state index contributed by atoms with van der Waals surface area (Å²) in [4.78, 5) is 49.4. The molecule has 1 amide bonds. The van der Waals surface area contributed by atoms with Gasteiger partial charge < -0.3 is 10.0 Å². The summed E-state index contributed by atoms with van der Waals surface area (Å²) < 4.78 is 1.14. The lowest BCUT2D eigenvalue weighted by molar-refractivity contribution is -0.142. The van der Waals surface area contributed by atoms with Crippen LogP contribution in [0, 0.1) is 11.8 Å². The van der Waals surface area contributed by atoms with Gasteiger partial charge in [-0.15, -0.1) is 0 Å². The number of carbonyl (C=O) groups excluding carboxylic acids is 1. The molecular weight excluding hydrogens is 326 g/mol.